The zero-order chi connectivity index (χ0) is 80.4. The summed E-state index contributed by atoms with van der Waals surface area (Å²) in [5, 5.41) is 292. The lowest BCUT2D eigenvalue weighted by Gasteiger charge is -2.50. The van der Waals surface area contributed by atoms with E-state index in [0.29, 0.717) is 0 Å². The predicted molar refractivity (Wildman–Crippen MR) is 330 cm³/mol. The third kappa shape index (κ3) is 20.2. The molecule has 0 saturated carbocycles. The molecule has 9 aliphatic rings. The molecular weight excluding hydrogens is 1520 g/mol. The minimum Gasteiger partial charge on any atom is -0.394 e. The number of hydrogen-bond acceptors (Lipinski definition) is 46. The number of rotatable bonds is 28. The fraction of sp³-hybridized carbons (Fsp3) is 0.966. The van der Waals surface area contributed by atoms with Gasteiger partial charge >= 0.3 is 7.60 Å². The van der Waals surface area contributed by atoms with E-state index in [1.165, 1.54) is 0 Å². The predicted octanol–water partition coefficient (Wildman–Crippen LogP) is -20.2. The Morgan fingerprint density at radius 2 is 0.578 bits per heavy atom. The van der Waals surface area contributed by atoms with Crippen LogP contribution in [0.25, 0.3) is 0 Å². The van der Waals surface area contributed by atoms with Gasteiger partial charge in [-0.15, -0.1) is 0 Å². The van der Waals surface area contributed by atoms with Crippen molar-refractivity contribution in [1.29, 1.82) is 0 Å². The lowest BCUT2D eigenvalue weighted by Crippen LogP contribution is -2.70. The molecule has 9 rings (SSSR count). The Labute approximate surface area is 615 Å². The minimum atomic E-state index is -5.08. The Balaban J connectivity index is 1.05. The van der Waals surface area contributed by atoms with Crippen molar-refractivity contribution in [3.8, 4) is 0 Å². The van der Waals surface area contributed by atoms with Crippen LogP contribution in [0.15, 0.2) is 0 Å². The molecule has 9 saturated heterocycles. The Kier molecular flexibility index (Phi) is 32.0. The van der Waals surface area contributed by atoms with Gasteiger partial charge in [0.1, 0.15) is 220 Å². The summed E-state index contributed by atoms with van der Waals surface area (Å²) in [6.45, 7) is -7.05. The number of carbonyl (C=O) groups excluding carboxylic acids is 2. The molecule has 109 heavy (non-hydrogen) atoms. The molecule has 0 aromatic carbocycles. The molecule has 45 atom stereocenters. The van der Waals surface area contributed by atoms with Crippen molar-refractivity contribution in [3.63, 3.8) is 0 Å². The van der Waals surface area contributed by atoms with E-state index in [-0.39, 0.29) is 0 Å². The second-order valence-electron chi connectivity index (χ2n) is 27.4. The Hall–Kier alpha value is -2.63. The number of aliphatic hydroxyl groups excluding tert-OH is 26. The molecule has 50 nitrogen and oxygen atoms in total. The van der Waals surface area contributed by atoms with Crippen LogP contribution in [0.3, 0.4) is 0 Å². The van der Waals surface area contributed by atoms with Gasteiger partial charge < -0.3 is 234 Å². The van der Waals surface area contributed by atoms with E-state index in [1.807, 2.05) is 0 Å². The van der Waals surface area contributed by atoms with E-state index in [9.17, 15) is 157 Å². The van der Waals surface area contributed by atoms with E-state index in [4.69, 9.17) is 80.5 Å². The maximum atomic E-state index is 12.9. The van der Waals surface area contributed by atoms with Crippen LogP contribution in [0.4, 0.5) is 0 Å². The fourth-order valence-electron chi connectivity index (χ4n) is 13.8. The van der Waals surface area contributed by atoms with Gasteiger partial charge in [0, 0.05) is 13.8 Å². The number of aliphatic hydroxyl groups is 26. The summed E-state index contributed by atoms with van der Waals surface area (Å²) in [5.74, 6) is -1.74. The molecular formula is C58H99N2O48P. The summed E-state index contributed by atoms with van der Waals surface area (Å²) in [7, 11) is -5.08. The van der Waals surface area contributed by atoms with Crippen LogP contribution in [0.1, 0.15) is 13.8 Å². The molecule has 0 aromatic rings. The van der Waals surface area contributed by atoms with Crippen LogP contribution in [-0.2, 0) is 94.7 Å². The van der Waals surface area contributed by atoms with Crippen molar-refractivity contribution in [2.75, 3.05) is 59.0 Å². The SMILES string of the molecule is CC(=O)N[C@@H]1[C@@H](O)[C@H](O[C@@H]2O[C@H](CO)[C@@H](O[C@@H]3O[C@H](CO[C@H]4O[C@H](CO[C@H]5O[C@H](CO)[C@@H](O)[C@H](O)[C@@H]5O[C@H]5O[C@H](CP(=O)(O)O)[C@@H](O)[C@H](O)[C@@H]5O)[C@@H](O)[C@H](O[C@H]5O[C@H](CO)[C@@H](O)[C@H](O)[C@@H]5O)[C@@H]4O)[C@@H](O)[C@H](O[C@H]4O[C@H](CO)[C@@H](O)[C@H](O)[C@@H]4O[C@H]4O[C@H](CO)[C@@H](O)[C@H](O)[C@@H]4O)[C@@H]3O)[C@H](O)[C@H]2NC(C)=O)[C@@H](CO)O[C@H]1O. The Morgan fingerprint density at radius 1 is 0.284 bits per heavy atom. The number of amides is 2. The highest BCUT2D eigenvalue weighted by molar-refractivity contribution is 7.51. The second-order valence-corrected chi connectivity index (χ2v) is 29.1. The first kappa shape index (κ1) is 90.3. The Bertz CT molecular complexity index is 2890. The summed E-state index contributed by atoms with van der Waals surface area (Å²) in [4.78, 5) is 44.4. The van der Waals surface area contributed by atoms with Gasteiger partial charge in [0.05, 0.1) is 59.0 Å². The van der Waals surface area contributed by atoms with Crippen LogP contribution in [0, 0.1) is 0 Å². The molecule has 9 fully saturated rings. The van der Waals surface area contributed by atoms with Gasteiger partial charge in [-0.1, -0.05) is 0 Å². The molecule has 0 unspecified atom stereocenters. The first-order valence-corrected chi connectivity index (χ1v) is 36.0. The van der Waals surface area contributed by atoms with E-state index in [0.717, 1.165) is 13.8 Å². The molecule has 0 aliphatic carbocycles. The van der Waals surface area contributed by atoms with Crippen molar-refractivity contribution in [1.82, 2.24) is 10.6 Å². The highest BCUT2D eigenvalue weighted by Crippen LogP contribution is 2.42. The standard InChI is InChI=1S/C58H99N2O48P/c1-12(67)59-23-32(76)44(18(7-65)94-50(23)88)103-51-24(60-13(2)68)33(77)45(19(8-66)99-51)104-56-43(87)47(106-58-49(38(82)28(72)17(6-64)98-58)108-54-40(84)35(79)26(70)15(4-62)96-54)31(75)21(101-56)9-92-52-42(86)46(105-53-39(83)34(78)25(69)14(3-61)95-53)30(74)20(100-52)10-93-57-48(37(81)27(71)16(5-63)97-57)107-55-41(85)36(80)29(73)22(102-55)11-109(89,90)91/h14-58,61-66,69-88H,3-11H2,1-2H3,(H,59,67)(H,60,68)(H2,89,90,91)/t14-,15-,16-,17-,18-,19-,20-,21-,22-,23-,24-,25-,26-,27-,28-,29-,30-,31-,32-,33-,34+,35+,36+,37+,38+,39+,40+,41+,42+,43+,44-,45-,46+,47+,48+,49+,50-,51+,52+,53-,54-,55-,56+,57+,58-/m1/s1. The van der Waals surface area contributed by atoms with Crippen LogP contribution in [-0.4, -0.2) is 490 Å². The van der Waals surface area contributed by atoms with E-state index in [2.05, 4.69) is 10.6 Å². The number of carbonyl (C=O) groups is 2. The first-order valence-electron chi connectivity index (χ1n) is 34.2. The van der Waals surface area contributed by atoms with Crippen molar-refractivity contribution < 1.29 is 237 Å². The van der Waals surface area contributed by atoms with Crippen LogP contribution in [0.2, 0.25) is 0 Å². The highest BCUT2D eigenvalue weighted by atomic mass is 31.2. The van der Waals surface area contributed by atoms with Crippen molar-refractivity contribution in [3.05, 3.63) is 0 Å². The van der Waals surface area contributed by atoms with Crippen molar-refractivity contribution >= 4 is 19.4 Å². The maximum Gasteiger partial charge on any atom is 0.328 e. The van der Waals surface area contributed by atoms with Gasteiger partial charge in [-0.2, -0.15) is 0 Å². The number of ether oxygens (including phenoxy) is 17. The Morgan fingerprint density at radius 3 is 1.02 bits per heavy atom. The lowest BCUT2D eigenvalue weighted by molar-refractivity contribution is -0.399. The normalized spacial score (nSPS) is 50.2. The summed E-state index contributed by atoms with van der Waals surface area (Å²) in [5.41, 5.74) is 0. The molecule has 0 radical (unpaired) electrons. The van der Waals surface area contributed by atoms with Crippen molar-refractivity contribution in [2.24, 2.45) is 0 Å². The molecule has 0 spiro atoms. The summed E-state index contributed by atoms with van der Waals surface area (Å²) in [6, 6.07) is -3.58. The largest absolute Gasteiger partial charge is 0.394 e. The average molecular weight is 1620 g/mol. The van der Waals surface area contributed by atoms with Crippen LogP contribution in [0.5, 0.6) is 0 Å². The summed E-state index contributed by atoms with van der Waals surface area (Å²) < 4.78 is 111. The topological polar surface area (TPSA) is 799 Å². The zero-order valence-electron chi connectivity index (χ0n) is 57.5. The third-order valence-electron chi connectivity index (χ3n) is 19.8. The molecule has 9 aliphatic heterocycles. The molecule has 2 amide bonds. The highest BCUT2D eigenvalue weighted by Gasteiger charge is 2.60. The quantitative estimate of drug-likeness (QED) is 0.0324. The molecule has 30 N–H and O–H groups in total. The smallest absolute Gasteiger partial charge is 0.328 e. The van der Waals surface area contributed by atoms with Gasteiger partial charge in [-0.05, 0) is 0 Å². The molecule has 0 aromatic heterocycles. The molecule has 9 heterocycles. The fourth-order valence-corrected chi connectivity index (χ4v) is 14.5. The van der Waals surface area contributed by atoms with Crippen molar-refractivity contribution in [2.45, 2.75) is 290 Å². The van der Waals surface area contributed by atoms with Gasteiger partial charge in [0.2, 0.25) is 11.8 Å². The summed E-state index contributed by atoms with van der Waals surface area (Å²) >= 11 is 0. The van der Waals surface area contributed by atoms with Gasteiger partial charge in [0.15, 0.2) is 56.6 Å². The monoisotopic (exact) mass is 1620 g/mol. The summed E-state index contributed by atoms with van der Waals surface area (Å²) in [6.07, 6.45) is -94.1. The molecule has 634 valence electrons. The second kappa shape index (κ2) is 38.6. The zero-order valence-corrected chi connectivity index (χ0v) is 58.4. The lowest BCUT2D eigenvalue weighted by atomic mass is 9.94. The average Bonchev–Trinajstić information content (AvgIpc) is 0.776. The van der Waals surface area contributed by atoms with Crippen LogP contribution < -0.4 is 10.6 Å². The van der Waals surface area contributed by atoms with Crippen LogP contribution >= 0.6 is 7.60 Å². The van der Waals surface area contributed by atoms with Gasteiger partial charge in [0.25, 0.3) is 0 Å². The first-order chi connectivity index (χ1) is 51.3. The number of nitrogens with one attached hydrogen (secondary N) is 2. The minimum absolute atomic E-state index is 0.793. The van der Waals surface area contributed by atoms with Gasteiger partial charge in [-0.25, -0.2) is 0 Å². The van der Waals surface area contributed by atoms with E-state index in [1.54, 1.807) is 0 Å². The number of hydrogen-bond donors (Lipinski definition) is 30. The molecule has 0 bridgehead atoms. The van der Waals surface area contributed by atoms with E-state index < -0.39 is 355 Å². The van der Waals surface area contributed by atoms with Gasteiger partial charge in [-0.3, -0.25) is 14.2 Å². The maximum absolute atomic E-state index is 12.9. The third-order valence-corrected chi connectivity index (χ3v) is 20.6. The molecule has 51 heteroatoms. The van der Waals surface area contributed by atoms with E-state index >= 15 is 0 Å².